The standard InChI is InChI=1S/C15H30N2O/c1-5-9-17(14-7-8-16-11-14)15(18)10-13(6-2)12(3)4/h12-14,16H,5-11H2,1-4H3. The minimum absolute atomic E-state index is 0.367. The summed E-state index contributed by atoms with van der Waals surface area (Å²) in [7, 11) is 0. The summed E-state index contributed by atoms with van der Waals surface area (Å²) in [5.41, 5.74) is 0. The second kappa shape index (κ2) is 7.78. The summed E-state index contributed by atoms with van der Waals surface area (Å²) in [4.78, 5) is 14.6. The molecule has 1 rings (SSSR count). The molecule has 1 saturated heterocycles. The Balaban J connectivity index is 2.58. The van der Waals surface area contributed by atoms with Crippen LogP contribution >= 0.6 is 0 Å². The molecule has 0 aromatic rings. The first-order valence-electron chi connectivity index (χ1n) is 7.60. The molecule has 1 aliphatic heterocycles. The zero-order valence-electron chi connectivity index (χ0n) is 12.5. The SMILES string of the molecule is CCCN(C(=O)CC(CC)C(C)C)C1CCNC1. The highest BCUT2D eigenvalue weighted by atomic mass is 16.2. The zero-order valence-corrected chi connectivity index (χ0v) is 12.5. The third-order valence-electron chi connectivity index (χ3n) is 4.16. The molecule has 1 fully saturated rings. The van der Waals surface area contributed by atoms with Crippen molar-refractivity contribution in [2.24, 2.45) is 11.8 Å². The molecule has 0 radical (unpaired) electrons. The lowest BCUT2D eigenvalue weighted by molar-refractivity contribution is -0.134. The minimum Gasteiger partial charge on any atom is -0.338 e. The van der Waals surface area contributed by atoms with E-state index in [9.17, 15) is 4.79 Å². The highest BCUT2D eigenvalue weighted by Gasteiger charge is 2.27. The molecule has 2 unspecified atom stereocenters. The van der Waals surface area contributed by atoms with Gasteiger partial charge < -0.3 is 10.2 Å². The van der Waals surface area contributed by atoms with Crippen LogP contribution in [0, 0.1) is 11.8 Å². The first-order chi connectivity index (χ1) is 8.60. The average molecular weight is 254 g/mol. The van der Waals surface area contributed by atoms with E-state index in [0.717, 1.165) is 45.3 Å². The van der Waals surface area contributed by atoms with Crippen molar-refractivity contribution in [1.82, 2.24) is 10.2 Å². The van der Waals surface area contributed by atoms with Crippen molar-refractivity contribution >= 4 is 5.91 Å². The van der Waals surface area contributed by atoms with Crippen LogP contribution in [0.1, 0.15) is 53.4 Å². The van der Waals surface area contributed by atoms with Gasteiger partial charge in [-0.1, -0.05) is 34.1 Å². The molecular formula is C15H30N2O. The Morgan fingerprint density at radius 2 is 2.11 bits per heavy atom. The topological polar surface area (TPSA) is 32.3 Å². The number of hydrogen-bond donors (Lipinski definition) is 1. The molecule has 1 heterocycles. The predicted molar refractivity (Wildman–Crippen MR) is 76.5 cm³/mol. The molecule has 0 saturated carbocycles. The summed E-state index contributed by atoms with van der Waals surface area (Å²) >= 11 is 0. The highest BCUT2D eigenvalue weighted by Crippen LogP contribution is 2.21. The Labute approximate surface area is 112 Å². The van der Waals surface area contributed by atoms with Crippen LogP contribution in [-0.4, -0.2) is 36.5 Å². The van der Waals surface area contributed by atoms with E-state index in [-0.39, 0.29) is 0 Å². The molecule has 0 aliphatic carbocycles. The van der Waals surface area contributed by atoms with Crippen molar-refractivity contribution in [2.45, 2.75) is 59.4 Å². The van der Waals surface area contributed by atoms with E-state index in [1.54, 1.807) is 0 Å². The first-order valence-corrected chi connectivity index (χ1v) is 7.60. The number of amides is 1. The van der Waals surface area contributed by atoms with Gasteiger partial charge in [-0.05, 0) is 31.2 Å². The highest BCUT2D eigenvalue weighted by molar-refractivity contribution is 5.76. The fraction of sp³-hybridized carbons (Fsp3) is 0.933. The van der Waals surface area contributed by atoms with E-state index in [1.807, 2.05) is 0 Å². The summed E-state index contributed by atoms with van der Waals surface area (Å²) < 4.78 is 0. The molecule has 0 spiro atoms. The van der Waals surface area contributed by atoms with Crippen LogP contribution < -0.4 is 5.32 Å². The average Bonchev–Trinajstić information content (AvgIpc) is 2.85. The van der Waals surface area contributed by atoms with E-state index in [4.69, 9.17) is 0 Å². The van der Waals surface area contributed by atoms with Crippen LogP contribution in [0.25, 0.3) is 0 Å². The third kappa shape index (κ3) is 4.27. The van der Waals surface area contributed by atoms with Crippen LogP contribution in [0.15, 0.2) is 0 Å². The quantitative estimate of drug-likeness (QED) is 0.757. The molecule has 0 bridgehead atoms. The number of hydrogen-bond acceptors (Lipinski definition) is 2. The van der Waals surface area contributed by atoms with Gasteiger partial charge in [-0.25, -0.2) is 0 Å². The van der Waals surface area contributed by atoms with Gasteiger partial charge in [0.2, 0.25) is 5.91 Å². The van der Waals surface area contributed by atoms with E-state index < -0.39 is 0 Å². The van der Waals surface area contributed by atoms with Crippen LogP contribution in [-0.2, 0) is 4.79 Å². The van der Waals surface area contributed by atoms with Gasteiger partial charge >= 0.3 is 0 Å². The Kier molecular flexibility index (Phi) is 6.69. The molecule has 3 nitrogen and oxygen atoms in total. The number of nitrogens with one attached hydrogen (secondary N) is 1. The van der Waals surface area contributed by atoms with Crippen molar-refractivity contribution < 1.29 is 4.79 Å². The van der Waals surface area contributed by atoms with Gasteiger partial charge in [0.25, 0.3) is 0 Å². The Hall–Kier alpha value is -0.570. The largest absolute Gasteiger partial charge is 0.338 e. The molecule has 2 atom stereocenters. The van der Waals surface area contributed by atoms with Crippen LogP contribution in [0.3, 0.4) is 0 Å². The fourth-order valence-electron chi connectivity index (χ4n) is 2.85. The number of rotatable bonds is 7. The summed E-state index contributed by atoms with van der Waals surface area (Å²) in [6.45, 7) is 11.7. The van der Waals surface area contributed by atoms with Gasteiger partial charge in [-0.2, -0.15) is 0 Å². The summed E-state index contributed by atoms with van der Waals surface area (Å²) in [5, 5.41) is 3.36. The molecule has 0 aromatic carbocycles. The van der Waals surface area contributed by atoms with Gasteiger partial charge in [-0.15, -0.1) is 0 Å². The molecule has 1 amide bonds. The summed E-state index contributed by atoms with van der Waals surface area (Å²) in [6.07, 6.45) is 4.00. The van der Waals surface area contributed by atoms with Gasteiger partial charge in [0.05, 0.1) is 0 Å². The third-order valence-corrected chi connectivity index (χ3v) is 4.16. The zero-order chi connectivity index (χ0) is 13.5. The van der Waals surface area contributed by atoms with Gasteiger partial charge in [0.1, 0.15) is 0 Å². The number of carbonyl (C=O) groups is 1. The van der Waals surface area contributed by atoms with Gasteiger partial charge in [0.15, 0.2) is 0 Å². The van der Waals surface area contributed by atoms with Crippen molar-refractivity contribution in [1.29, 1.82) is 0 Å². The Bertz CT molecular complexity index is 247. The van der Waals surface area contributed by atoms with Crippen LogP contribution in [0.5, 0.6) is 0 Å². The first kappa shape index (κ1) is 15.5. The van der Waals surface area contributed by atoms with Crippen molar-refractivity contribution in [2.75, 3.05) is 19.6 Å². The summed E-state index contributed by atoms with van der Waals surface area (Å²) in [6, 6.07) is 0.433. The van der Waals surface area contributed by atoms with Gasteiger partial charge in [0, 0.05) is 25.6 Å². The number of nitrogens with zero attached hydrogens (tertiary/aromatic N) is 1. The molecular weight excluding hydrogens is 224 g/mol. The molecule has 18 heavy (non-hydrogen) atoms. The second-order valence-electron chi connectivity index (χ2n) is 5.85. The molecule has 1 N–H and O–H groups in total. The van der Waals surface area contributed by atoms with Crippen molar-refractivity contribution in [3.05, 3.63) is 0 Å². The lowest BCUT2D eigenvalue weighted by Crippen LogP contribution is -2.43. The molecule has 3 heteroatoms. The Morgan fingerprint density at radius 3 is 2.56 bits per heavy atom. The predicted octanol–water partition coefficient (Wildman–Crippen LogP) is 2.66. The van der Waals surface area contributed by atoms with E-state index in [1.165, 1.54) is 0 Å². The van der Waals surface area contributed by atoms with Crippen molar-refractivity contribution in [3.63, 3.8) is 0 Å². The Morgan fingerprint density at radius 1 is 1.39 bits per heavy atom. The monoisotopic (exact) mass is 254 g/mol. The van der Waals surface area contributed by atoms with E-state index >= 15 is 0 Å². The number of carbonyl (C=O) groups excluding carboxylic acids is 1. The molecule has 1 aliphatic rings. The maximum absolute atomic E-state index is 12.5. The summed E-state index contributed by atoms with van der Waals surface area (Å²) in [5.74, 6) is 1.50. The second-order valence-corrected chi connectivity index (χ2v) is 5.85. The maximum atomic E-state index is 12.5. The van der Waals surface area contributed by atoms with E-state index in [0.29, 0.717) is 23.8 Å². The van der Waals surface area contributed by atoms with Gasteiger partial charge in [-0.3, -0.25) is 4.79 Å². The van der Waals surface area contributed by atoms with Crippen LogP contribution in [0.4, 0.5) is 0 Å². The van der Waals surface area contributed by atoms with Crippen LogP contribution in [0.2, 0.25) is 0 Å². The lowest BCUT2D eigenvalue weighted by atomic mass is 9.89. The fourth-order valence-corrected chi connectivity index (χ4v) is 2.85. The lowest BCUT2D eigenvalue weighted by Gasteiger charge is -2.30. The smallest absolute Gasteiger partial charge is 0.223 e. The maximum Gasteiger partial charge on any atom is 0.223 e. The molecule has 106 valence electrons. The van der Waals surface area contributed by atoms with Crippen molar-refractivity contribution in [3.8, 4) is 0 Å². The normalized spacial score (nSPS) is 21.3. The van der Waals surface area contributed by atoms with E-state index in [2.05, 4.69) is 37.9 Å². The molecule has 0 aromatic heterocycles. The minimum atomic E-state index is 0.367.